The van der Waals surface area contributed by atoms with Crippen molar-refractivity contribution in [1.29, 1.82) is 0 Å². The van der Waals surface area contributed by atoms with Crippen molar-refractivity contribution in [3.8, 4) is 0 Å². The fourth-order valence-corrected chi connectivity index (χ4v) is 2.62. The number of benzene rings is 1. The molecule has 1 fully saturated rings. The summed E-state index contributed by atoms with van der Waals surface area (Å²) in [5, 5.41) is 0.753. The molecule has 2 N–H and O–H groups in total. The number of nitrogens with two attached hydrogens (primary N) is 1. The van der Waals surface area contributed by atoms with Gasteiger partial charge < -0.3 is 10.6 Å². The lowest BCUT2D eigenvalue weighted by atomic mass is 10.1. The van der Waals surface area contributed by atoms with Crippen LogP contribution in [0.15, 0.2) is 18.2 Å². The largest absolute Gasteiger partial charge is 0.397 e. The summed E-state index contributed by atoms with van der Waals surface area (Å²) in [4.78, 5) is 4.87. The lowest BCUT2D eigenvalue weighted by Gasteiger charge is -2.39. The number of anilines is 2. The lowest BCUT2D eigenvalue weighted by molar-refractivity contribution is 0.193. The van der Waals surface area contributed by atoms with E-state index in [0.29, 0.717) is 6.04 Å². The second-order valence-electron chi connectivity index (χ2n) is 4.98. The molecule has 1 aromatic rings. The van der Waals surface area contributed by atoms with Crippen molar-refractivity contribution >= 4 is 23.0 Å². The van der Waals surface area contributed by atoms with Gasteiger partial charge in [0.05, 0.1) is 11.4 Å². The molecule has 1 aliphatic heterocycles. The number of hydrogen-bond acceptors (Lipinski definition) is 3. The van der Waals surface area contributed by atoms with E-state index in [9.17, 15) is 0 Å². The van der Waals surface area contributed by atoms with Crippen LogP contribution >= 0.6 is 11.6 Å². The maximum atomic E-state index is 6.04. The highest BCUT2D eigenvalue weighted by atomic mass is 35.5. The number of hydrogen-bond donors (Lipinski definition) is 1. The molecule has 3 nitrogen and oxygen atoms in total. The minimum Gasteiger partial charge on any atom is -0.397 e. The van der Waals surface area contributed by atoms with Gasteiger partial charge in [0.15, 0.2) is 0 Å². The highest BCUT2D eigenvalue weighted by molar-refractivity contribution is 6.31. The summed E-state index contributed by atoms with van der Waals surface area (Å²) in [6.07, 6.45) is 1.21. The minimum absolute atomic E-state index is 0.670. The minimum atomic E-state index is 0.670. The van der Waals surface area contributed by atoms with E-state index in [0.717, 1.165) is 42.6 Å². The maximum Gasteiger partial charge on any atom is 0.0615 e. The molecular weight excluding hydrogens is 246 g/mol. The average molecular weight is 268 g/mol. The highest BCUT2D eigenvalue weighted by Crippen LogP contribution is 2.28. The van der Waals surface area contributed by atoms with Crippen LogP contribution < -0.4 is 10.6 Å². The van der Waals surface area contributed by atoms with Crippen molar-refractivity contribution in [3.63, 3.8) is 0 Å². The predicted octanol–water partition coefficient (Wildman–Crippen LogP) is 2.84. The fourth-order valence-electron chi connectivity index (χ4n) is 2.45. The van der Waals surface area contributed by atoms with Gasteiger partial charge in [-0.05, 0) is 31.5 Å². The Kier molecular flexibility index (Phi) is 4.36. The molecule has 1 aliphatic rings. The van der Waals surface area contributed by atoms with E-state index in [4.69, 9.17) is 17.3 Å². The molecule has 1 heterocycles. The van der Waals surface area contributed by atoms with E-state index in [2.05, 4.69) is 23.6 Å². The van der Waals surface area contributed by atoms with Gasteiger partial charge in [-0.1, -0.05) is 18.5 Å². The zero-order valence-corrected chi connectivity index (χ0v) is 12.0. The van der Waals surface area contributed by atoms with E-state index in [1.54, 1.807) is 0 Å². The summed E-state index contributed by atoms with van der Waals surface area (Å²) in [7, 11) is 0. The summed E-state index contributed by atoms with van der Waals surface area (Å²) in [5.41, 5.74) is 7.92. The molecule has 18 heavy (non-hydrogen) atoms. The first-order valence-electron chi connectivity index (χ1n) is 6.66. The Balaban J connectivity index is 2.03. The van der Waals surface area contributed by atoms with Crippen LogP contribution in [0.4, 0.5) is 11.4 Å². The molecule has 0 radical (unpaired) electrons. The molecular formula is C14H22ClN3. The third-order valence-electron chi connectivity index (χ3n) is 3.86. The first kappa shape index (κ1) is 13.5. The maximum absolute atomic E-state index is 6.04. The molecule has 1 atom stereocenters. The van der Waals surface area contributed by atoms with Crippen LogP contribution in [0.2, 0.25) is 5.02 Å². The molecule has 0 bridgehead atoms. The molecule has 0 spiro atoms. The second-order valence-corrected chi connectivity index (χ2v) is 5.42. The third kappa shape index (κ3) is 2.90. The summed E-state index contributed by atoms with van der Waals surface area (Å²) >= 11 is 6.04. The molecule has 100 valence electrons. The standard InChI is InChI=1S/C14H22ClN3/c1-3-11(2)17-6-8-18(9-7-17)14-10-12(15)4-5-13(14)16/h4-5,10-11H,3,6-9,16H2,1-2H3. The zero-order valence-electron chi connectivity index (χ0n) is 11.2. The van der Waals surface area contributed by atoms with Gasteiger partial charge in [0, 0.05) is 37.2 Å². The quantitative estimate of drug-likeness (QED) is 0.855. The van der Waals surface area contributed by atoms with Crippen LogP contribution in [0.25, 0.3) is 0 Å². The second kappa shape index (κ2) is 5.81. The molecule has 0 amide bonds. The molecule has 0 saturated carbocycles. The van der Waals surface area contributed by atoms with Gasteiger partial charge >= 0.3 is 0 Å². The highest BCUT2D eigenvalue weighted by Gasteiger charge is 2.21. The number of nitrogen functional groups attached to an aromatic ring is 1. The van der Waals surface area contributed by atoms with E-state index in [1.807, 2.05) is 18.2 Å². The molecule has 1 saturated heterocycles. The zero-order chi connectivity index (χ0) is 13.1. The first-order valence-corrected chi connectivity index (χ1v) is 7.03. The Morgan fingerprint density at radius 2 is 1.94 bits per heavy atom. The average Bonchev–Trinajstić information content (AvgIpc) is 2.41. The summed E-state index contributed by atoms with van der Waals surface area (Å²) in [6.45, 7) is 8.78. The Morgan fingerprint density at radius 3 is 2.56 bits per heavy atom. The van der Waals surface area contributed by atoms with E-state index in [1.165, 1.54) is 6.42 Å². The van der Waals surface area contributed by atoms with Crippen LogP contribution in [0, 0.1) is 0 Å². The lowest BCUT2D eigenvalue weighted by Crippen LogP contribution is -2.49. The van der Waals surface area contributed by atoms with Crippen molar-refractivity contribution in [1.82, 2.24) is 4.90 Å². The van der Waals surface area contributed by atoms with Gasteiger partial charge in [-0.25, -0.2) is 0 Å². The summed E-state index contributed by atoms with van der Waals surface area (Å²) in [6, 6.07) is 6.37. The van der Waals surface area contributed by atoms with Gasteiger partial charge in [-0.3, -0.25) is 4.90 Å². The van der Waals surface area contributed by atoms with Gasteiger partial charge in [-0.15, -0.1) is 0 Å². The Hall–Kier alpha value is -0.930. The molecule has 2 rings (SSSR count). The Morgan fingerprint density at radius 1 is 1.28 bits per heavy atom. The number of rotatable bonds is 3. The fraction of sp³-hybridized carbons (Fsp3) is 0.571. The van der Waals surface area contributed by atoms with Gasteiger partial charge in [0.1, 0.15) is 0 Å². The normalized spacial score (nSPS) is 18.9. The molecule has 4 heteroatoms. The van der Waals surface area contributed by atoms with Crippen LogP contribution in [0.5, 0.6) is 0 Å². The van der Waals surface area contributed by atoms with Crippen molar-refractivity contribution in [2.75, 3.05) is 36.8 Å². The Labute approximate surface area is 115 Å². The van der Waals surface area contributed by atoms with E-state index >= 15 is 0 Å². The number of nitrogens with zero attached hydrogens (tertiary/aromatic N) is 2. The van der Waals surface area contributed by atoms with Gasteiger partial charge in [0.2, 0.25) is 0 Å². The van der Waals surface area contributed by atoms with E-state index in [-0.39, 0.29) is 0 Å². The van der Waals surface area contributed by atoms with Crippen LogP contribution in [0.3, 0.4) is 0 Å². The van der Waals surface area contributed by atoms with Gasteiger partial charge in [-0.2, -0.15) is 0 Å². The number of halogens is 1. The third-order valence-corrected chi connectivity index (χ3v) is 4.10. The smallest absolute Gasteiger partial charge is 0.0615 e. The van der Waals surface area contributed by atoms with Crippen molar-refractivity contribution in [3.05, 3.63) is 23.2 Å². The topological polar surface area (TPSA) is 32.5 Å². The van der Waals surface area contributed by atoms with Crippen molar-refractivity contribution in [2.45, 2.75) is 26.3 Å². The molecule has 1 unspecified atom stereocenters. The van der Waals surface area contributed by atoms with Crippen molar-refractivity contribution in [2.24, 2.45) is 0 Å². The van der Waals surface area contributed by atoms with Crippen LogP contribution in [0.1, 0.15) is 20.3 Å². The summed E-state index contributed by atoms with van der Waals surface area (Å²) in [5.74, 6) is 0. The van der Waals surface area contributed by atoms with Crippen LogP contribution in [-0.4, -0.2) is 37.1 Å². The van der Waals surface area contributed by atoms with Gasteiger partial charge in [0.25, 0.3) is 0 Å². The monoisotopic (exact) mass is 267 g/mol. The molecule has 0 aliphatic carbocycles. The number of piperazine rings is 1. The summed E-state index contributed by atoms with van der Waals surface area (Å²) < 4.78 is 0. The first-order chi connectivity index (χ1) is 8.61. The van der Waals surface area contributed by atoms with E-state index < -0.39 is 0 Å². The predicted molar refractivity (Wildman–Crippen MR) is 79.4 cm³/mol. The van der Waals surface area contributed by atoms with Crippen molar-refractivity contribution < 1.29 is 0 Å². The molecule has 0 aromatic heterocycles. The Bertz CT molecular complexity index is 400. The SMILES string of the molecule is CCC(C)N1CCN(c2cc(Cl)ccc2N)CC1. The molecule has 1 aromatic carbocycles. The van der Waals surface area contributed by atoms with Crippen LogP contribution in [-0.2, 0) is 0 Å².